The van der Waals surface area contributed by atoms with Crippen LogP contribution in [0.5, 0.6) is 5.75 Å². The average Bonchev–Trinajstić information content (AvgIpc) is 2.93. The van der Waals surface area contributed by atoms with Crippen molar-refractivity contribution in [1.29, 1.82) is 0 Å². The molecule has 0 bridgehead atoms. The highest BCUT2D eigenvalue weighted by Crippen LogP contribution is 2.45. The Morgan fingerprint density at radius 3 is 2.65 bits per heavy atom. The quantitative estimate of drug-likeness (QED) is 0.663. The number of likely N-dealkylation sites (tertiary alicyclic amines) is 1. The molecule has 2 aliphatic heterocycles. The molecule has 0 saturated carbocycles. The van der Waals surface area contributed by atoms with Crippen LogP contribution >= 0.6 is 0 Å². The highest BCUT2D eigenvalue weighted by atomic mass is 19.1. The van der Waals surface area contributed by atoms with Gasteiger partial charge in [0.1, 0.15) is 11.6 Å². The molecule has 2 aromatic rings. The minimum absolute atomic E-state index is 0.117. The van der Waals surface area contributed by atoms with E-state index in [1.54, 1.807) is 12.1 Å². The highest BCUT2D eigenvalue weighted by Gasteiger charge is 2.54. The number of benzene rings is 2. The van der Waals surface area contributed by atoms with Crippen molar-refractivity contribution in [1.82, 2.24) is 4.90 Å². The number of anilines is 1. The van der Waals surface area contributed by atoms with Crippen molar-refractivity contribution in [3.8, 4) is 5.75 Å². The summed E-state index contributed by atoms with van der Waals surface area (Å²) < 4.78 is 34.2. The Bertz CT molecular complexity index is 951. The smallest absolute Gasteiger partial charge is 0.262 e. The predicted octanol–water partition coefficient (Wildman–Crippen LogP) is 5.11. The van der Waals surface area contributed by atoms with Crippen LogP contribution in [0.15, 0.2) is 48.5 Å². The van der Waals surface area contributed by atoms with Crippen molar-refractivity contribution in [2.45, 2.75) is 70.4 Å². The Kier molecular flexibility index (Phi) is 6.02. The lowest BCUT2D eigenvalue weighted by atomic mass is 9.80. The molecule has 2 fully saturated rings. The zero-order valence-corrected chi connectivity index (χ0v) is 18.4. The molecule has 2 saturated heterocycles. The molecule has 2 heterocycles. The van der Waals surface area contributed by atoms with Gasteiger partial charge in [-0.3, -0.25) is 9.69 Å². The van der Waals surface area contributed by atoms with E-state index in [2.05, 4.69) is 24.0 Å². The van der Waals surface area contributed by atoms with E-state index in [4.69, 9.17) is 4.74 Å². The van der Waals surface area contributed by atoms with Gasteiger partial charge in [-0.1, -0.05) is 18.2 Å². The Morgan fingerprint density at radius 2 is 1.94 bits per heavy atom. The number of nitrogens with zero attached hydrogens (tertiary/aromatic N) is 2. The van der Waals surface area contributed by atoms with Crippen LogP contribution in [0.3, 0.4) is 0 Å². The maximum atomic E-state index is 14.6. The zero-order valence-electron chi connectivity index (χ0n) is 18.4. The summed E-state index contributed by atoms with van der Waals surface area (Å²) in [6, 6.07) is 14.2. The van der Waals surface area contributed by atoms with Gasteiger partial charge in [-0.2, -0.15) is 0 Å². The standard InChI is InChI=1S/C25H30F2N2O2/c1-17(2)31-22-9-4-6-19(12-22)16-28-11-10-25(14-18(28)3)15-23(27)24(30)29(25)21-8-5-7-20(26)13-21/h4-9,12-13,17-18,23H,10-11,14-16H2,1-3H3/t18-,23?,25+/m1/s1. The fourth-order valence-corrected chi connectivity index (χ4v) is 5.10. The van der Waals surface area contributed by atoms with Gasteiger partial charge in [0.2, 0.25) is 0 Å². The van der Waals surface area contributed by atoms with Crippen molar-refractivity contribution in [3.63, 3.8) is 0 Å². The summed E-state index contributed by atoms with van der Waals surface area (Å²) in [5.41, 5.74) is 1.00. The molecule has 1 spiro atoms. The minimum atomic E-state index is -1.54. The second kappa shape index (κ2) is 8.58. The third-order valence-electron chi connectivity index (χ3n) is 6.41. The first-order valence-corrected chi connectivity index (χ1v) is 11.0. The molecular weight excluding hydrogens is 398 g/mol. The predicted molar refractivity (Wildman–Crippen MR) is 117 cm³/mol. The first kappa shape index (κ1) is 21.8. The maximum Gasteiger partial charge on any atom is 0.262 e. The summed E-state index contributed by atoms with van der Waals surface area (Å²) in [6.45, 7) is 7.63. The van der Waals surface area contributed by atoms with Crippen molar-refractivity contribution in [2.24, 2.45) is 0 Å². The summed E-state index contributed by atoms with van der Waals surface area (Å²) in [5.74, 6) is -0.117. The van der Waals surface area contributed by atoms with Crippen LogP contribution in [-0.2, 0) is 11.3 Å². The molecule has 166 valence electrons. The van der Waals surface area contributed by atoms with Crippen LogP contribution < -0.4 is 9.64 Å². The fraction of sp³-hybridized carbons (Fsp3) is 0.480. The molecule has 0 N–H and O–H groups in total. The summed E-state index contributed by atoms with van der Waals surface area (Å²) in [7, 11) is 0. The highest BCUT2D eigenvalue weighted by molar-refractivity contribution is 6.00. The third kappa shape index (κ3) is 4.45. The average molecular weight is 429 g/mol. The number of carbonyl (C=O) groups excluding carboxylic acids is 1. The summed E-state index contributed by atoms with van der Waals surface area (Å²) in [5, 5.41) is 0. The molecule has 3 atom stereocenters. The molecule has 0 radical (unpaired) electrons. The van der Waals surface area contributed by atoms with Gasteiger partial charge in [0.15, 0.2) is 6.17 Å². The van der Waals surface area contributed by atoms with Crippen LogP contribution in [0.4, 0.5) is 14.5 Å². The summed E-state index contributed by atoms with van der Waals surface area (Å²) >= 11 is 0. The first-order valence-electron chi connectivity index (χ1n) is 11.0. The van der Waals surface area contributed by atoms with Gasteiger partial charge in [0, 0.05) is 31.2 Å². The molecule has 2 aliphatic rings. The SMILES string of the molecule is CC(C)Oc1cccc(CN2CC[C@@]3(CC(F)C(=O)N3c3cccc(F)c3)C[C@H]2C)c1. The van der Waals surface area contributed by atoms with Crippen LogP contribution in [-0.4, -0.2) is 41.2 Å². The molecule has 2 aromatic carbocycles. The number of halogens is 2. The normalized spacial score (nSPS) is 26.8. The van der Waals surface area contributed by atoms with E-state index >= 15 is 0 Å². The molecule has 1 amide bonds. The number of piperidine rings is 1. The van der Waals surface area contributed by atoms with E-state index in [-0.39, 0.29) is 18.6 Å². The largest absolute Gasteiger partial charge is 0.491 e. The third-order valence-corrected chi connectivity index (χ3v) is 6.41. The van der Waals surface area contributed by atoms with E-state index in [0.29, 0.717) is 18.5 Å². The van der Waals surface area contributed by atoms with Crippen molar-refractivity contribution >= 4 is 11.6 Å². The lowest BCUT2D eigenvalue weighted by molar-refractivity contribution is -0.121. The first-order chi connectivity index (χ1) is 14.8. The van der Waals surface area contributed by atoms with E-state index in [1.807, 2.05) is 26.0 Å². The van der Waals surface area contributed by atoms with Crippen molar-refractivity contribution in [3.05, 3.63) is 59.9 Å². The summed E-state index contributed by atoms with van der Waals surface area (Å²) in [4.78, 5) is 16.6. The molecule has 1 unspecified atom stereocenters. The Morgan fingerprint density at radius 1 is 1.16 bits per heavy atom. The number of hydrogen-bond donors (Lipinski definition) is 0. The van der Waals surface area contributed by atoms with Gasteiger partial charge < -0.3 is 9.64 Å². The van der Waals surface area contributed by atoms with Gasteiger partial charge in [-0.25, -0.2) is 8.78 Å². The second-order valence-electron chi connectivity index (χ2n) is 9.14. The van der Waals surface area contributed by atoms with Gasteiger partial charge in [-0.05, 0) is 69.5 Å². The molecule has 31 heavy (non-hydrogen) atoms. The van der Waals surface area contributed by atoms with E-state index in [9.17, 15) is 13.6 Å². The monoisotopic (exact) mass is 428 g/mol. The van der Waals surface area contributed by atoms with Crippen molar-refractivity contribution < 1.29 is 18.3 Å². The number of alkyl halides is 1. The second-order valence-corrected chi connectivity index (χ2v) is 9.14. The molecule has 0 aliphatic carbocycles. The Balaban J connectivity index is 1.52. The lowest BCUT2D eigenvalue weighted by Crippen LogP contribution is -2.56. The molecule has 4 nitrogen and oxygen atoms in total. The number of hydrogen-bond acceptors (Lipinski definition) is 3. The summed E-state index contributed by atoms with van der Waals surface area (Å²) in [6.07, 6.45) is 0.0523. The van der Waals surface area contributed by atoms with Gasteiger partial charge in [0.25, 0.3) is 5.91 Å². The minimum Gasteiger partial charge on any atom is -0.491 e. The number of ether oxygens (including phenoxy) is 1. The van der Waals surface area contributed by atoms with Gasteiger partial charge in [-0.15, -0.1) is 0 Å². The number of amides is 1. The fourth-order valence-electron chi connectivity index (χ4n) is 5.10. The van der Waals surface area contributed by atoms with E-state index in [0.717, 1.165) is 24.4 Å². The van der Waals surface area contributed by atoms with Gasteiger partial charge in [0.05, 0.1) is 11.6 Å². The number of rotatable bonds is 5. The van der Waals surface area contributed by atoms with Crippen LogP contribution in [0, 0.1) is 5.82 Å². The maximum absolute atomic E-state index is 14.6. The molecule has 0 aromatic heterocycles. The van der Waals surface area contributed by atoms with E-state index in [1.165, 1.54) is 17.0 Å². The zero-order chi connectivity index (χ0) is 22.2. The van der Waals surface area contributed by atoms with E-state index < -0.39 is 23.4 Å². The topological polar surface area (TPSA) is 32.8 Å². The van der Waals surface area contributed by atoms with Crippen LogP contribution in [0.2, 0.25) is 0 Å². The lowest BCUT2D eigenvalue weighted by Gasteiger charge is -2.48. The molecular formula is C25H30F2N2O2. The Hall–Kier alpha value is -2.47. The van der Waals surface area contributed by atoms with Gasteiger partial charge >= 0.3 is 0 Å². The van der Waals surface area contributed by atoms with Crippen LogP contribution in [0.25, 0.3) is 0 Å². The van der Waals surface area contributed by atoms with Crippen molar-refractivity contribution in [2.75, 3.05) is 11.4 Å². The van der Waals surface area contributed by atoms with Crippen LogP contribution in [0.1, 0.15) is 45.6 Å². The number of carbonyl (C=O) groups is 1. The molecule has 6 heteroatoms. The molecule has 4 rings (SSSR count). The Labute approximate surface area is 182 Å².